The maximum atomic E-state index is 15.2. The quantitative estimate of drug-likeness (QED) is 0.0510. The molecule has 2 aromatic heterocycles. The van der Waals surface area contributed by atoms with Crippen LogP contribution in [0.15, 0.2) is 96.2 Å². The highest BCUT2D eigenvalue weighted by molar-refractivity contribution is 7.90. The summed E-state index contributed by atoms with van der Waals surface area (Å²) in [6.45, 7) is 12.4. The van der Waals surface area contributed by atoms with Gasteiger partial charge in [0.15, 0.2) is 11.4 Å². The Morgan fingerprint density at radius 3 is 2.48 bits per heavy atom. The number of hydrogen-bond donors (Lipinski definition) is 5. The average Bonchev–Trinajstić information content (AvgIpc) is 4.28. The number of halogens is 1. The van der Waals surface area contributed by atoms with Crippen LogP contribution in [-0.4, -0.2) is 115 Å². The molecule has 2 saturated carbocycles. The van der Waals surface area contributed by atoms with Crippen LogP contribution in [0.1, 0.15) is 129 Å². The molecule has 3 aliphatic carbocycles. The Kier molecular flexibility index (Phi) is 14.7. The summed E-state index contributed by atoms with van der Waals surface area (Å²) in [5, 5.41) is 26.8. The Bertz CT molecular complexity index is 3490. The number of rotatable bonds is 18. The smallest absolute Gasteiger partial charge is 0.268 e. The molecular formula is C62H74FN9O8S. The summed E-state index contributed by atoms with van der Waals surface area (Å²) >= 11 is 0. The van der Waals surface area contributed by atoms with Gasteiger partial charge in [-0.2, -0.15) is 0 Å². The first kappa shape index (κ1) is 55.0. The predicted molar refractivity (Wildman–Crippen MR) is 309 cm³/mol. The third-order valence-corrected chi connectivity index (χ3v) is 19.8. The summed E-state index contributed by atoms with van der Waals surface area (Å²) in [6.07, 6.45) is 10.2. The highest BCUT2D eigenvalue weighted by Crippen LogP contribution is 2.60. The first-order valence-corrected chi connectivity index (χ1v) is 30.3. The van der Waals surface area contributed by atoms with Gasteiger partial charge in [0.1, 0.15) is 33.4 Å². The van der Waals surface area contributed by atoms with Crippen molar-refractivity contribution in [2.75, 3.05) is 57.2 Å². The van der Waals surface area contributed by atoms with Gasteiger partial charge in [-0.3, -0.25) is 14.6 Å². The number of piperidine rings is 1. The Morgan fingerprint density at radius 2 is 1.77 bits per heavy atom. The molecule has 428 valence electrons. The number of H-pyrrole nitrogens is 1. The van der Waals surface area contributed by atoms with Crippen molar-refractivity contribution in [2.45, 2.75) is 133 Å². The van der Waals surface area contributed by atoms with Crippen molar-refractivity contribution in [3.8, 4) is 23.1 Å². The number of nitrogens with one attached hydrogen (secondary N) is 4. The number of hydroxylamine groups is 1. The predicted octanol–water partition coefficient (Wildman–Crippen LogP) is 9.32. The number of piperazine rings is 1. The summed E-state index contributed by atoms with van der Waals surface area (Å²) in [7, 11) is -1.64. The molecule has 6 aromatic rings. The Hall–Kier alpha value is -6.61. The van der Waals surface area contributed by atoms with Gasteiger partial charge in [0.25, 0.3) is 21.8 Å². The van der Waals surface area contributed by atoms with Crippen LogP contribution in [0.5, 0.6) is 23.1 Å². The summed E-state index contributed by atoms with van der Waals surface area (Å²) < 4.78 is 64.4. The minimum Gasteiger partial charge on any atom is -0.629 e. The first-order chi connectivity index (χ1) is 38.9. The zero-order valence-corrected chi connectivity index (χ0v) is 47.9. The maximum Gasteiger partial charge on any atom is 0.268 e. The number of aromatic nitrogens is 3. The number of amides is 1. The van der Waals surface area contributed by atoms with Crippen LogP contribution in [0.25, 0.3) is 16.9 Å². The zero-order valence-electron chi connectivity index (χ0n) is 47.1. The van der Waals surface area contributed by atoms with E-state index < -0.39 is 27.4 Å². The highest BCUT2D eigenvalue weighted by atomic mass is 32.2. The number of allylic oxidation sites excluding steroid dienone is 1. The number of anilines is 2. The van der Waals surface area contributed by atoms with Gasteiger partial charge in [0.2, 0.25) is 0 Å². The number of ether oxygens (including phenoxy) is 3. The van der Waals surface area contributed by atoms with Gasteiger partial charge in [-0.05, 0) is 136 Å². The normalized spacial score (nSPS) is 23.9. The molecule has 2 unspecified atom stereocenters. The summed E-state index contributed by atoms with van der Waals surface area (Å²) in [4.78, 5) is 34.0. The number of benzene rings is 4. The van der Waals surface area contributed by atoms with Crippen molar-refractivity contribution in [2.24, 2.45) is 11.3 Å². The van der Waals surface area contributed by atoms with Gasteiger partial charge in [0.05, 0.1) is 55.5 Å². The number of sulfonamides is 1. The van der Waals surface area contributed by atoms with Crippen molar-refractivity contribution >= 4 is 49.9 Å². The molecule has 12 rings (SSSR count). The van der Waals surface area contributed by atoms with E-state index in [9.17, 15) is 23.5 Å². The van der Waals surface area contributed by atoms with E-state index in [2.05, 4.69) is 89.9 Å². The number of fused-ring (bicyclic) bond motifs is 3. The number of aromatic amines is 1. The van der Waals surface area contributed by atoms with Gasteiger partial charge >= 0.3 is 0 Å². The maximum absolute atomic E-state index is 15.2. The molecule has 0 bridgehead atoms. The molecule has 5 N–H and O–H groups in total. The SMILES string of the molecule is CCOc1nc2c(cc1Oc1cc(N3CCC4(CC3)CC(N3C5CN(Cc6ccc(OC)cc6)[C@@H]5[C@H]3c3ccccc3C(C)C)C4)ccc1C(=O)NS(=O)(=O)c1cc([NH+](C)[O-])c(NC[C@H]3CC[C@](C)(O)CC3)c3[nH]cnc13)C(F)=CC2. The fourth-order valence-electron chi connectivity index (χ4n) is 13.9. The first-order valence-electron chi connectivity index (χ1n) is 28.8. The van der Waals surface area contributed by atoms with Crippen LogP contribution < -0.4 is 34.2 Å². The van der Waals surface area contributed by atoms with Crippen LogP contribution in [0.3, 0.4) is 0 Å². The Balaban J connectivity index is 0.783. The van der Waals surface area contributed by atoms with Gasteiger partial charge in [-0.1, -0.05) is 50.2 Å². The molecule has 1 amide bonds. The fraction of sp³-hybridized carbons (Fsp3) is 0.468. The van der Waals surface area contributed by atoms with Gasteiger partial charge in [-0.25, -0.2) is 27.5 Å². The minimum atomic E-state index is -4.70. The molecule has 17 nitrogen and oxygen atoms in total. The number of quaternary nitrogens is 1. The molecule has 6 aliphatic rings. The van der Waals surface area contributed by atoms with E-state index in [4.69, 9.17) is 14.2 Å². The number of imidazole rings is 1. The van der Waals surface area contributed by atoms with Crippen LogP contribution in [-0.2, 0) is 23.0 Å². The minimum absolute atomic E-state index is 0.0222. The van der Waals surface area contributed by atoms with Gasteiger partial charge < -0.3 is 44.8 Å². The molecule has 19 heteroatoms. The van der Waals surface area contributed by atoms with Crippen molar-refractivity contribution in [3.63, 3.8) is 0 Å². The average molecular weight is 1120 g/mol. The number of carbonyl (C=O) groups is 1. The summed E-state index contributed by atoms with van der Waals surface area (Å²) in [5.41, 5.74) is 5.94. The second kappa shape index (κ2) is 21.6. The van der Waals surface area contributed by atoms with E-state index in [0.29, 0.717) is 66.4 Å². The molecule has 5 heterocycles. The second-order valence-corrected chi connectivity index (χ2v) is 25.7. The lowest BCUT2D eigenvalue weighted by atomic mass is 9.57. The monoisotopic (exact) mass is 1120 g/mol. The van der Waals surface area contributed by atoms with Gasteiger partial charge in [0, 0.05) is 80.7 Å². The van der Waals surface area contributed by atoms with Crippen LogP contribution >= 0.6 is 0 Å². The van der Waals surface area contributed by atoms with E-state index in [0.717, 1.165) is 76.1 Å². The lowest BCUT2D eigenvalue weighted by molar-refractivity contribution is -0.750. The molecule has 81 heavy (non-hydrogen) atoms. The van der Waals surface area contributed by atoms with E-state index in [1.165, 1.54) is 48.3 Å². The third kappa shape index (κ3) is 10.4. The van der Waals surface area contributed by atoms with E-state index in [-0.39, 0.29) is 74.0 Å². The topological polar surface area (TPSA) is 202 Å². The van der Waals surface area contributed by atoms with Gasteiger partial charge in [-0.15, -0.1) is 0 Å². The molecule has 5 fully saturated rings. The van der Waals surface area contributed by atoms with Crippen LogP contribution in [0.4, 0.5) is 21.5 Å². The standard InChI is InChI=1S/C62H74FN9O8S/c1-7-79-60-52(29-46-47(63)18-19-48(46)67-60)80-51-28-40(14-17-45(51)59(73)68-81(76,77)53-30-49(69(5)75)54(56-55(53)65-36-66-56)64-33-38-20-22-61(4,74)23-21-38)70-26-24-62(25-27-70)31-41(32-62)72-50-35-71(34-39-12-15-42(78-6)16-13-39)58(50)57(72)44-11-9-8-10-43(44)37(2)3/h8-18,28-30,36-38,41,50,57-58,64,69,74H,7,19-27,31-35H2,1-6H3,(H,65,66)(H,68,73)/t38-,50?,57-,58+,61-/m1/s1. The van der Waals surface area contributed by atoms with E-state index >= 15 is 4.39 Å². The summed E-state index contributed by atoms with van der Waals surface area (Å²) in [5.74, 6) is 0.263. The van der Waals surface area contributed by atoms with E-state index in [1.54, 1.807) is 26.2 Å². The van der Waals surface area contributed by atoms with Crippen LogP contribution in [0.2, 0.25) is 0 Å². The number of likely N-dealkylation sites (tertiary alicyclic amines) is 2. The molecular weight excluding hydrogens is 1050 g/mol. The molecule has 3 aliphatic heterocycles. The number of methoxy groups -OCH3 is 1. The molecule has 0 radical (unpaired) electrons. The molecule has 1 spiro atoms. The number of hydrogen-bond acceptors (Lipinski definition) is 14. The Morgan fingerprint density at radius 1 is 1.01 bits per heavy atom. The number of aliphatic hydroxyl groups is 1. The third-order valence-electron chi connectivity index (χ3n) is 18.5. The highest BCUT2D eigenvalue weighted by Gasteiger charge is 2.64. The van der Waals surface area contributed by atoms with Crippen molar-refractivity contribution in [3.05, 3.63) is 130 Å². The largest absolute Gasteiger partial charge is 0.629 e. The lowest BCUT2D eigenvalue weighted by Crippen LogP contribution is -2.98. The number of carbonyl (C=O) groups excluding carboxylic acids is 1. The molecule has 4 atom stereocenters. The number of pyridine rings is 1. The van der Waals surface area contributed by atoms with E-state index in [1.807, 2.05) is 25.1 Å². The fourth-order valence-corrected chi connectivity index (χ4v) is 15.1. The molecule has 3 saturated heterocycles. The summed E-state index contributed by atoms with van der Waals surface area (Å²) in [6, 6.07) is 27.1. The number of nitrogens with zero attached hydrogens (tertiary/aromatic N) is 5. The van der Waals surface area contributed by atoms with Crippen LogP contribution in [0, 0.1) is 16.5 Å². The molecule has 4 aromatic carbocycles. The zero-order chi connectivity index (χ0) is 56.5. The van der Waals surface area contributed by atoms with Crippen molar-refractivity contribution in [1.82, 2.24) is 29.5 Å². The Labute approximate surface area is 473 Å². The lowest BCUT2D eigenvalue weighted by Gasteiger charge is -2.72. The van der Waals surface area contributed by atoms with Crippen molar-refractivity contribution in [1.29, 1.82) is 0 Å². The second-order valence-electron chi connectivity index (χ2n) is 24.1. The van der Waals surface area contributed by atoms with Crippen molar-refractivity contribution < 1.29 is 42.0 Å².